The number of amides is 1. The van der Waals surface area contributed by atoms with Gasteiger partial charge < -0.3 is 10.1 Å². The molecule has 0 aliphatic heterocycles. The normalized spacial score (nSPS) is 10.2. The molecule has 0 aliphatic rings. The molecule has 2 aromatic rings. The van der Waals surface area contributed by atoms with Gasteiger partial charge >= 0.3 is 0 Å². The van der Waals surface area contributed by atoms with Gasteiger partial charge in [-0.25, -0.2) is 0 Å². The summed E-state index contributed by atoms with van der Waals surface area (Å²) in [5, 5.41) is 4.11. The van der Waals surface area contributed by atoms with Crippen molar-refractivity contribution >= 4 is 39.1 Å². The standard InChI is InChI=1S/C15H13BrClNO2/c1-20-14-8-11(17)5-6-13(14)15(19)18-12-4-2-3-10(7-12)9-16/h2-8H,9H2,1H3,(H,18,19). The lowest BCUT2D eigenvalue weighted by atomic mass is 10.1. The van der Waals surface area contributed by atoms with Crippen LogP contribution in [0.4, 0.5) is 5.69 Å². The van der Waals surface area contributed by atoms with Crippen LogP contribution < -0.4 is 10.1 Å². The average molecular weight is 355 g/mol. The monoisotopic (exact) mass is 353 g/mol. The lowest BCUT2D eigenvalue weighted by molar-refractivity contribution is 0.102. The van der Waals surface area contributed by atoms with Crippen molar-refractivity contribution in [2.45, 2.75) is 5.33 Å². The molecule has 5 heteroatoms. The Labute approximate surface area is 131 Å². The first-order chi connectivity index (χ1) is 9.63. The largest absolute Gasteiger partial charge is 0.496 e. The van der Waals surface area contributed by atoms with E-state index in [2.05, 4.69) is 21.2 Å². The molecule has 2 rings (SSSR count). The van der Waals surface area contributed by atoms with Gasteiger partial charge in [0.05, 0.1) is 12.7 Å². The fraction of sp³-hybridized carbons (Fsp3) is 0.133. The van der Waals surface area contributed by atoms with E-state index in [1.165, 1.54) is 7.11 Å². The number of benzene rings is 2. The molecular formula is C15H13BrClNO2. The second-order valence-corrected chi connectivity index (χ2v) is 5.13. The summed E-state index contributed by atoms with van der Waals surface area (Å²) in [5.41, 5.74) is 2.27. The molecule has 0 unspecified atom stereocenters. The molecule has 0 aromatic heterocycles. The number of nitrogens with one attached hydrogen (secondary N) is 1. The lowest BCUT2D eigenvalue weighted by Crippen LogP contribution is -2.13. The van der Waals surface area contributed by atoms with E-state index in [0.717, 1.165) is 16.6 Å². The lowest BCUT2D eigenvalue weighted by Gasteiger charge is -2.10. The van der Waals surface area contributed by atoms with Gasteiger partial charge in [-0.2, -0.15) is 0 Å². The van der Waals surface area contributed by atoms with Gasteiger partial charge in [-0.3, -0.25) is 4.79 Å². The van der Waals surface area contributed by atoms with Gasteiger partial charge in [-0.1, -0.05) is 39.7 Å². The summed E-state index contributed by atoms with van der Waals surface area (Å²) in [6.07, 6.45) is 0. The second-order valence-electron chi connectivity index (χ2n) is 4.13. The molecule has 0 saturated heterocycles. The highest BCUT2D eigenvalue weighted by Crippen LogP contribution is 2.24. The number of hydrogen-bond donors (Lipinski definition) is 1. The highest BCUT2D eigenvalue weighted by molar-refractivity contribution is 9.08. The zero-order valence-corrected chi connectivity index (χ0v) is 13.2. The summed E-state index contributed by atoms with van der Waals surface area (Å²) in [5.74, 6) is 0.219. The maximum Gasteiger partial charge on any atom is 0.259 e. The van der Waals surface area contributed by atoms with E-state index in [0.29, 0.717) is 16.3 Å². The van der Waals surface area contributed by atoms with Crippen LogP contribution in [0.5, 0.6) is 5.75 Å². The molecule has 104 valence electrons. The summed E-state index contributed by atoms with van der Waals surface area (Å²) in [4.78, 5) is 12.3. The first-order valence-corrected chi connectivity index (χ1v) is 7.44. The Hall–Kier alpha value is -1.52. The Morgan fingerprint density at radius 1 is 1.30 bits per heavy atom. The van der Waals surface area contributed by atoms with Crippen LogP contribution in [0.2, 0.25) is 5.02 Å². The minimum Gasteiger partial charge on any atom is -0.496 e. The van der Waals surface area contributed by atoms with E-state index in [-0.39, 0.29) is 5.91 Å². The minimum absolute atomic E-state index is 0.231. The quantitative estimate of drug-likeness (QED) is 0.821. The Morgan fingerprint density at radius 2 is 2.10 bits per heavy atom. The Morgan fingerprint density at radius 3 is 2.80 bits per heavy atom. The van der Waals surface area contributed by atoms with Crippen molar-refractivity contribution in [3.05, 3.63) is 58.6 Å². The number of hydrogen-bond acceptors (Lipinski definition) is 2. The van der Waals surface area contributed by atoms with Crippen molar-refractivity contribution in [1.82, 2.24) is 0 Å². The molecule has 0 bridgehead atoms. The van der Waals surface area contributed by atoms with Crippen LogP contribution in [0.25, 0.3) is 0 Å². The Kier molecular flexibility index (Phi) is 5.04. The second kappa shape index (κ2) is 6.77. The molecule has 0 fully saturated rings. The zero-order chi connectivity index (χ0) is 14.5. The van der Waals surface area contributed by atoms with E-state index < -0.39 is 0 Å². The number of carbonyl (C=O) groups excluding carboxylic acids is 1. The van der Waals surface area contributed by atoms with Gasteiger partial charge in [0, 0.05) is 16.0 Å². The summed E-state index contributed by atoms with van der Waals surface area (Å²) in [7, 11) is 1.51. The highest BCUT2D eigenvalue weighted by Gasteiger charge is 2.13. The molecular weight excluding hydrogens is 342 g/mol. The van der Waals surface area contributed by atoms with Crippen molar-refractivity contribution < 1.29 is 9.53 Å². The molecule has 1 N–H and O–H groups in total. The predicted octanol–water partition coefficient (Wildman–Crippen LogP) is 4.50. The molecule has 0 heterocycles. The first-order valence-electron chi connectivity index (χ1n) is 5.94. The zero-order valence-electron chi connectivity index (χ0n) is 10.8. The van der Waals surface area contributed by atoms with Crippen molar-refractivity contribution in [1.29, 1.82) is 0 Å². The van der Waals surface area contributed by atoms with E-state index in [9.17, 15) is 4.79 Å². The van der Waals surface area contributed by atoms with E-state index in [4.69, 9.17) is 16.3 Å². The topological polar surface area (TPSA) is 38.3 Å². The van der Waals surface area contributed by atoms with Crippen molar-refractivity contribution in [2.75, 3.05) is 12.4 Å². The van der Waals surface area contributed by atoms with Gasteiger partial charge in [-0.15, -0.1) is 0 Å². The maximum absolute atomic E-state index is 12.3. The van der Waals surface area contributed by atoms with Crippen LogP contribution >= 0.6 is 27.5 Å². The van der Waals surface area contributed by atoms with Crippen LogP contribution in [0.1, 0.15) is 15.9 Å². The SMILES string of the molecule is COc1cc(Cl)ccc1C(=O)Nc1cccc(CBr)c1. The molecule has 0 radical (unpaired) electrons. The van der Waals surface area contributed by atoms with Crippen LogP contribution in [0.15, 0.2) is 42.5 Å². The molecule has 20 heavy (non-hydrogen) atoms. The van der Waals surface area contributed by atoms with Crippen LogP contribution in [-0.2, 0) is 5.33 Å². The molecule has 2 aromatic carbocycles. The van der Waals surface area contributed by atoms with E-state index in [1.54, 1.807) is 18.2 Å². The minimum atomic E-state index is -0.231. The number of methoxy groups -OCH3 is 1. The number of anilines is 1. The summed E-state index contributed by atoms with van der Waals surface area (Å²) < 4.78 is 5.18. The third-order valence-electron chi connectivity index (χ3n) is 2.75. The average Bonchev–Trinajstić information content (AvgIpc) is 2.47. The summed E-state index contributed by atoms with van der Waals surface area (Å²) in [6.45, 7) is 0. The number of ether oxygens (including phenoxy) is 1. The smallest absolute Gasteiger partial charge is 0.259 e. The molecule has 3 nitrogen and oxygen atoms in total. The number of carbonyl (C=O) groups is 1. The number of alkyl halides is 1. The van der Waals surface area contributed by atoms with Crippen LogP contribution in [0, 0.1) is 0 Å². The van der Waals surface area contributed by atoms with Gasteiger partial charge in [-0.05, 0) is 35.9 Å². The predicted molar refractivity (Wildman–Crippen MR) is 85.0 cm³/mol. The van der Waals surface area contributed by atoms with E-state index >= 15 is 0 Å². The highest BCUT2D eigenvalue weighted by atomic mass is 79.9. The van der Waals surface area contributed by atoms with Crippen molar-refractivity contribution in [2.24, 2.45) is 0 Å². The van der Waals surface area contributed by atoms with Gasteiger partial charge in [0.15, 0.2) is 0 Å². The fourth-order valence-corrected chi connectivity index (χ4v) is 2.29. The Balaban J connectivity index is 2.23. The molecule has 0 spiro atoms. The van der Waals surface area contributed by atoms with Gasteiger partial charge in [0.25, 0.3) is 5.91 Å². The third kappa shape index (κ3) is 3.52. The molecule has 1 amide bonds. The van der Waals surface area contributed by atoms with Crippen LogP contribution in [0.3, 0.4) is 0 Å². The van der Waals surface area contributed by atoms with Crippen LogP contribution in [-0.4, -0.2) is 13.0 Å². The van der Waals surface area contributed by atoms with Gasteiger partial charge in [0.2, 0.25) is 0 Å². The maximum atomic E-state index is 12.3. The summed E-state index contributed by atoms with van der Waals surface area (Å²) >= 11 is 9.27. The van der Waals surface area contributed by atoms with Gasteiger partial charge in [0.1, 0.15) is 5.75 Å². The fourth-order valence-electron chi connectivity index (χ4n) is 1.78. The summed E-state index contributed by atoms with van der Waals surface area (Å²) in [6, 6.07) is 12.5. The molecule has 0 aliphatic carbocycles. The number of rotatable bonds is 4. The van der Waals surface area contributed by atoms with Crippen molar-refractivity contribution in [3.8, 4) is 5.75 Å². The third-order valence-corrected chi connectivity index (χ3v) is 3.63. The van der Waals surface area contributed by atoms with Crippen molar-refractivity contribution in [3.63, 3.8) is 0 Å². The Bertz CT molecular complexity index is 631. The first kappa shape index (κ1) is 14.9. The number of halogens is 2. The molecule has 0 atom stereocenters. The molecule has 0 saturated carbocycles. The van der Waals surface area contributed by atoms with E-state index in [1.807, 2.05) is 24.3 Å².